The summed E-state index contributed by atoms with van der Waals surface area (Å²) in [6, 6.07) is 8.00. The van der Waals surface area contributed by atoms with Gasteiger partial charge >= 0.3 is 6.09 Å². The Hall–Kier alpha value is -3.69. The normalized spacial score (nSPS) is 14.4. The number of halogens is 1. The number of carbonyl (C=O) groups is 3. The van der Waals surface area contributed by atoms with E-state index in [-0.39, 0.29) is 30.4 Å². The Balaban J connectivity index is 1.67. The number of piperazine rings is 1. The molecule has 0 unspecified atom stereocenters. The molecular weight excluding hydrogens is 455 g/mol. The average molecular weight is 487 g/mol. The lowest BCUT2D eigenvalue weighted by Crippen LogP contribution is -2.56. The smallest absolute Gasteiger partial charge is 0.409 e. The van der Waals surface area contributed by atoms with Crippen LogP contribution in [-0.2, 0) is 16.1 Å². The molecule has 1 fully saturated rings. The number of ether oxygens (including phenoxy) is 1. The molecule has 1 atom stereocenters. The molecule has 2 heterocycles. The lowest BCUT2D eigenvalue weighted by Gasteiger charge is -2.36. The standard InChI is InChI=1S/C25H31FN4O5/c1-3-6-21(24(33)28-13-15-29(16-14-28)25(34)35-4-2)27-22(31)20-7-5-12-30(23(20)32)17-18-8-10-19(26)11-9-18/h5,7-12,21H,3-4,6,13-17H2,1-2H3,(H,27,31)/t21-/m0/s1. The largest absolute Gasteiger partial charge is 0.450 e. The number of nitrogens with one attached hydrogen (secondary N) is 1. The molecule has 1 saturated heterocycles. The van der Waals surface area contributed by atoms with Crippen molar-refractivity contribution < 1.29 is 23.5 Å². The second kappa shape index (κ2) is 12.1. The lowest BCUT2D eigenvalue weighted by molar-refractivity contribution is -0.135. The number of hydrogen-bond acceptors (Lipinski definition) is 5. The number of pyridine rings is 1. The highest BCUT2D eigenvalue weighted by atomic mass is 19.1. The van der Waals surface area contributed by atoms with Crippen molar-refractivity contribution in [3.8, 4) is 0 Å². The van der Waals surface area contributed by atoms with Crippen LogP contribution in [0.15, 0.2) is 47.4 Å². The van der Waals surface area contributed by atoms with Gasteiger partial charge in [0.15, 0.2) is 0 Å². The van der Waals surface area contributed by atoms with Crippen LogP contribution >= 0.6 is 0 Å². The Morgan fingerprint density at radius 2 is 1.69 bits per heavy atom. The average Bonchev–Trinajstić information content (AvgIpc) is 2.86. The van der Waals surface area contributed by atoms with Gasteiger partial charge in [-0.05, 0) is 43.2 Å². The minimum Gasteiger partial charge on any atom is -0.450 e. The summed E-state index contributed by atoms with van der Waals surface area (Å²) in [4.78, 5) is 54.1. The number of carbonyl (C=O) groups excluding carboxylic acids is 3. The van der Waals surface area contributed by atoms with E-state index in [2.05, 4.69) is 5.32 Å². The van der Waals surface area contributed by atoms with E-state index in [1.807, 2.05) is 6.92 Å². The van der Waals surface area contributed by atoms with Crippen molar-refractivity contribution in [2.75, 3.05) is 32.8 Å². The summed E-state index contributed by atoms with van der Waals surface area (Å²) >= 11 is 0. The molecule has 2 aromatic rings. The highest BCUT2D eigenvalue weighted by Crippen LogP contribution is 2.10. The molecule has 1 aromatic carbocycles. The zero-order valence-corrected chi connectivity index (χ0v) is 20.0. The predicted octanol–water partition coefficient (Wildman–Crippen LogP) is 2.23. The molecule has 0 spiro atoms. The maximum absolute atomic E-state index is 13.2. The molecule has 0 radical (unpaired) electrons. The molecule has 9 nitrogen and oxygen atoms in total. The van der Waals surface area contributed by atoms with Gasteiger partial charge in [0, 0.05) is 32.4 Å². The van der Waals surface area contributed by atoms with Gasteiger partial charge < -0.3 is 24.4 Å². The van der Waals surface area contributed by atoms with Crippen molar-refractivity contribution in [1.82, 2.24) is 19.7 Å². The van der Waals surface area contributed by atoms with E-state index in [9.17, 15) is 23.6 Å². The Labute approximate surface area is 203 Å². The summed E-state index contributed by atoms with van der Waals surface area (Å²) in [5, 5.41) is 2.73. The van der Waals surface area contributed by atoms with E-state index < -0.39 is 23.6 Å². The second-order valence-corrected chi connectivity index (χ2v) is 8.31. The molecule has 188 valence electrons. The maximum atomic E-state index is 13.2. The van der Waals surface area contributed by atoms with Crippen LogP contribution < -0.4 is 10.9 Å². The molecule has 35 heavy (non-hydrogen) atoms. The van der Waals surface area contributed by atoms with Gasteiger partial charge in [0.2, 0.25) is 5.91 Å². The third-order valence-electron chi connectivity index (χ3n) is 5.83. The van der Waals surface area contributed by atoms with E-state index in [0.717, 1.165) is 0 Å². The van der Waals surface area contributed by atoms with Gasteiger partial charge in [-0.3, -0.25) is 14.4 Å². The van der Waals surface area contributed by atoms with Crippen LogP contribution in [0.5, 0.6) is 0 Å². The number of aromatic nitrogens is 1. The molecule has 1 N–H and O–H groups in total. The molecule has 3 rings (SSSR count). The van der Waals surface area contributed by atoms with Gasteiger partial charge in [0.25, 0.3) is 11.5 Å². The number of benzene rings is 1. The summed E-state index contributed by atoms with van der Waals surface area (Å²) in [7, 11) is 0. The van der Waals surface area contributed by atoms with Gasteiger partial charge in [-0.2, -0.15) is 0 Å². The third kappa shape index (κ3) is 6.68. The number of amides is 3. The minimum atomic E-state index is -0.785. The van der Waals surface area contributed by atoms with Gasteiger partial charge in [-0.25, -0.2) is 9.18 Å². The monoisotopic (exact) mass is 486 g/mol. The van der Waals surface area contributed by atoms with E-state index in [1.54, 1.807) is 41.1 Å². The summed E-state index contributed by atoms with van der Waals surface area (Å²) in [6.07, 6.45) is 2.22. The molecule has 0 saturated carbocycles. The van der Waals surface area contributed by atoms with Crippen LogP contribution in [0, 0.1) is 5.82 Å². The Morgan fingerprint density at radius 1 is 1.03 bits per heavy atom. The third-order valence-corrected chi connectivity index (χ3v) is 5.83. The topological polar surface area (TPSA) is 101 Å². The van der Waals surface area contributed by atoms with E-state index >= 15 is 0 Å². The first-order valence-corrected chi connectivity index (χ1v) is 11.8. The fraction of sp³-hybridized carbons (Fsp3) is 0.440. The molecule has 0 bridgehead atoms. The Kier molecular flexibility index (Phi) is 8.99. The number of rotatable bonds is 8. The molecule has 1 aromatic heterocycles. The summed E-state index contributed by atoms with van der Waals surface area (Å²) < 4.78 is 19.5. The maximum Gasteiger partial charge on any atom is 0.409 e. The van der Waals surface area contributed by atoms with Crippen LogP contribution in [-0.4, -0.2) is 71.1 Å². The predicted molar refractivity (Wildman–Crippen MR) is 128 cm³/mol. The van der Waals surface area contributed by atoms with Crippen molar-refractivity contribution in [3.63, 3.8) is 0 Å². The van der Waals surface area contributed by atoms with Gasteiger partial charge in [-0.1, -0.05) is 25.5 Å². The van der Waals surface area contributed by atoms with Crippen molar-refractivity contribution in [2.24, 2.45) is 0 Å². The molecule has 10 heteroatoms. The summed E-state index contributed by atoms with van der Waals surface area (Å²) in [5.74, 6) is -1.24. The molecule has 0 aliphatic carbocycles. The van der Waals surface area contributed by atoms with Crippen LogP contribution in [0.3, 0.4) is 0 Å². The zero-order valence-electron chi connectivity index (χ0n) is 20.0. The molecule has 3 amide bonds. The molecule has 1 aliphatic rings. The first-order valence-electron chi connectivity index (χ1n) is 11.8. The van der Waals surface area contributed by atoms with Crippen molar-refractivity contribution in [2.45, 2.75) is 39.3 Å². The zero-order chi connectivity index (χ0) is 25.4. The molecule has 1 aliphatic heterocycles. The van der Waals surface area contributed by atoms with Gasteiger partial charge in [0.05, 0.1) is 13.2 Å². The van der Waals surface area contributed by atoms with E-state index in [1.165, 1.54) is 22.8 Å². The van der Waals surface area contributed by atoms with Crippen LogP contribution in [0.25, 0.3) is 0 Å². The first kappa shape index (κ1) is 25.9. The first-order chi connectivity index (χ1) is 16.8. The van der Waals surface area contributed by atoms with E-state index in [4.69, 9.17) is 4.74 Å². The lowest BCUT2D eigenvalue weighted by atomic mass is 10.1. The summed E-state index contributed by atoms with van der Waals surface area (Å²) in [5.41, 5.74) is 0.141. The van der Waals surface area contributed by atoms with Gasteiger partial charge in [-0.15, -0.1) is 0 Å². The van der Waals surface area contributed by atoms with Gasteiger partial charge in [0.1, 0.15) is 17.4 Å². The second-order valence-electron chi connectivity index (χ2n) is 8.31. The highest BCUT2D eigenvalue weighted by molar-refractivity contribution is 5.97. The number of nitrogens with zero attached hydrogens (tertiary/aromatic N) is 3. The Bertz CT molecular complexity index is 1090. The molecular formula is C25H31FN4O5. The van der Waals surface area contributed by atoms with Crippen molar-refractivity contribution in [1.29, 1.82) is 0 Å². The van der Waals surface area contributed by atoms with E-state index in [0.29, 0.717) is 44.6 Å². The highest BCUT2D eigenvalue weighted by Gasteiger charge is 2.30. The fourth-order valence-corrected chi connectivity index (χ4v) is 3.95. The quantitative estimate of drug-likeness (QED) is 0.617. The summed E-state index contributed by atoms with van der Waals surface area (Å²) in [6.45, 7) is 5.49. The SMILES string of the molecule is CCC[C@H](NC(=O)c1cccn(Cc2ccc(F)cc2)c1=O)C(=O)N1CCN(C(=O)OCC)CC1. The minimum absolute atomic E-state index is 0.0735. The van der Waals surface area contributed by atoms with Crippen LogP contribution in [0.1, 0.15) is 42.6 Å². The van der Waals surface area contributed by atoms with Crippen LogP contribution in [0.4, 0.5) is 9.18 Å². The van der Waals surface area contributed by atoms with Crippen molar-refractivity contribution in [3.05, 3.63) is 69.9 Å². The van der Waals surface area contributed by atoms with Crippen LogP contribution in [0.2, 0.25) is 0 Å². The van der Waals surface area contributed by atoms with Crippen molar-refractivity contribution >= 4 is 17.9 Å². The fourth-order valence-electron chi connectivity index (χ4n) is 3.95. The Morgan fingerprint density at radius 3 is 2.31 bits per heavy atom. The number of hydrogen-bond donors (Lipinski definition) is 1.